The molecule has 1 atom stereocenters. The Morgan fingerprint density at radius 2 is 2.00 bits per heavy atom. The Labute approximate surface area is 122 Å². The van der Waals surface area contributed by atoms with Gasteiger partial charge in [-0.05, 0) is 51.9 Å². The largest absolute Gasteiger partial charge is 0.322 e. The Morgan fingerprint density at radius 3 is 2.55 bits per heavy atom. The fourth-order valence-electron chi connectivity index (χ4n) is 2.08. The highest BCUT2D eigenvalue weighted by Crippen LogP contribution is 2.17. The molecular formula is C16H27N3O. The third-order valence-corrected chi connectivity index (χ3v) is 3.42. The standard InChI is InChI=1S/C16H27N3O/c1-6-10-19(12(2)3)16(20)18-15-9-7-8-14(11-15)13(4)17-5/h7-9,11-13,17H,6,10H2,1-5H3,(H,18,20). The topological polar surface area (TPSA) is 44.4 Å². The SMILES string of the molecule is CCCN(C(=O)Nc1cccc(C(C)NC)c1)C(C)C. The van der Waals surface area contributed by atoms with Gasteiger partial charge in [0, 0.05) is 24.3 Å². The molecule has 4 nitrogen and oxygen atoms in total. The van der Waals surface area contributed by atoms with Crippen LogP contribution in [0.5, 0.6) is 0 Å². The van der Waals surface area contributed by atoms with Crippen molar-refractivity contribution in [3.63, 3.8) is 0 Å². The van der Waals surface area contributed by atoms with Crippen LogP contribution < -0.4 is 10.6 Å². The number of hydrogen-bond acceptors (Lipinski definition) is 2. The van der Waals surface area contributed by atoms with Gasteiger partial charge in [0.2, 0.25) is 0 Å². The van der Waals surface area contributed by atoms with Gasteiger partial charge in [0.25, 0.3) is 0 Å². The molecule has 0 bridgehead atoms. The summed E-state index contributed by atoms with van der Waals surface area (Å²) in [6.07, 6.45) is 0.961. The van der Waals surface area contributed by atoms with Crippen molar-refractivity contribution in [2.45, 2.75) is 46.2 Å². The molecule has 2 N–H and O–H groups in total. The zero-order valence-corrected chi connectivity index (χ0v) is 13.2. The van der Waals surface area contributed by atoms with Crippen LogP contribution >= 0.6 is 0 Å². The molecule has 0 saturated heterocycles. The first-order valence-corrected chi connectivity index (χ1v) is 7.34. The van der Waals surface area contributed by atoms with Crippen molar-refractivity contribution in [1.82, 2.24) is 10.2 Å². The first-order valence-electron chi connectivity index (χ1n) is 7.34. The molecule has 1 aromatic carbocycles. The number of hydrogen-bond donors (Lipinski definition) is 2. The van der Waals surface area contributed by atoms with Crippen molar-refractivity contribution < 1.29 is 4.79 Å². The van der Waals surface area contributed by atoms with E-state index in [1.165, 1.54) is 0 Å². The number of nitrogens with one attached hydrogen (secondary N) is 2. The summed E-state index contributed by atoms with van der Waals surface area (Å²) in [5.74, 6) is 0. The molecule has 0 saturated carbocycles. The van der Waals surface area contributed by atoms with Gasteiger partial charge < -0.3 is 15.5 Å². The lowest BCUT2D eigenvalue weighted by Crippen LogP contribution is -2.40. The summed E-state index contributed by atoms with van der Waals surface area (Å²) in [4.78, 5) is 14.1. The third-order valence-electron chi connectivity index (χ3n) is 3.42. The summed E-state index contributed by atoms with van der Waals surface area (Å²) in [7, 11) is 1.93. The number of urea groups is 1. The number of rotatable bonds is 6. The van der Waals surface area contributed by atoms with Gasteiger partial charge in [-0.2, -0.15) is 0 Å². The van der Waals surface area contributed by atoms with Gasteiger partial charge >= 0.3 is 6.03 Å². The lowest BCUT2D eigenvalue weighted by atomic mass is 10.1. The summed E-state index contributed by atoms with van der Waals surface area (Å²) in [5, 5.41) is 6.19. The van der Waals surface area contributed by atoms with Crippen LogP contribution in [0.3, 0.4) is 0 Å². The van der Waals surface area contributed by atoms with Crippen LogP contribution in [0.1, 0.15) is 45.7 Å². The molecule has 112 valence electrons. The van der Waals surface area contributed by atoms with Crippen LogP contribution in [0.25, 0.3) is 0 Å². The van der Waals surface area contributed by atoms with E-state index in [2.05, 4.69) is 30.5 Å². The first-order chi connectivity index (χ1) is 9.49. The average molecular weight is 277 g/mol. The van der Waals surface area contributed by atoms with Crippen LogP contribution in [0, 0.1) is 0 Å². The van der Waals surface area contributed by atoms with Crippen LogP contribution in [0.4, 0.5) is 10.5 Å². The van der Waals surface area contributed by atoms with Gasteiger partial charge in [-0.25, -0.2) is 4.79 Å². The van der Waals surface area contributed by atoms with Crippen molar-refractivity contribution in [1.29, 1.82) is 0 Å². The van der Waals surface area contributed by atoms with E-state index in [9.17, 15) is 4.79 Å². The molecule has 1 aromatic rings. The van der Waals surface area contributed by atoms with Crippen molar-refractivity contribution >= 4 is 11.7 Å². The molecule has 0 aliphatic heterocycles. The van der Waals surface area contributed by atoms with Gasteiger partial charge in [-0.1, -0.05) is 19.1 Å². The minimum absolute atomic E-state index is 0.0314. The summed E-state index contributed by atoms with van der Waals surface area (Å²) in [6, 6.07) is 8.41. The molecule has 0 aliphatic carbocycles. The highest BCUT2D eigenvalue weighted by molar-refractivity contribution is 5.89. The predicted molar refractivity (Wildman–Crippen MR) is 85.1 cm³/mol. The normalized spacial score (nSPS) is 12.3. The molecule has 2 amide bonds. The number of benzene rings is 1. The Kier molecular flexibility index (Phi) is 6.52. The van der Waals surface area contributed by atoms with Gasteiger partial charge in [-0.15, -0.1) is 0 Å². The zero-order valence-electron chi connectivity index (χ0n) is 13.2. The van der Waals surface area contributed by atoms with Gasteiger partial charge in [0.05, 0.1) is 0 Å². The lowest BCUT2D eigenvalue weighted by molar-refractivity contribution is 0.197. The first kappa shape index (κ1) is 16.5. The Balaban J connectivity index is 2.79. The fraction of sp³-hybridized carbons (Fsp3) is 0.562. The third kappa shape index (κ3) is 4.53. The van der Waals surface area contributed by atoms with Gasteiger partial charge in [0.1, 0.15) is 0 Å². The van der Waals surface area contributed by atoms with Crippen molar-refractivity contribution in [3.8, 4) is 0 Å². The van der Waals surface area contributed by atoms with E-state index in [0.29, 0.717) is 0 Å². The van der Waals surface area contributed by atoms with Gasteiger partial charge in [0.15, 0.2) is 0 Å². The van der Waals surface area contributed by atoms with Crippen molar-refractivity contribution in [3.05, 3.63) is 29.8 Å². The maximum atomic E-state index is 12.3. The van der Waals surface area contributed by atoms with E-state index in [1.54, 1.807) is 0 Å². The van der Waals surface area contributed by atoms with Crippen molar-refractivity contribution in [2.24, 2.45) is 0 Å². The van der Waals surface area contributed by atoms with Gasteiger partial charge in [-0.3, -0.25) is 0 Å². The molecule has 0 heterocycles. The monoisotopic (exact) mass is 277 g/mol. The second kappa shape index (κ2) is 7.90. The second-order valence-corrected chi connectivity index (χ2v) is 5.35. The quantitative estimate of drug-likeness (QED) is 0.834. The second-order valence-electron chi connectivity index (χ2n) is 5.35. The highest BCUT2D eigenvalue weighted by Gasteiger charge is 2.16. The Morgan fingerprint density at radius 1 is 1.30 bits per heavy atom. The number of nitrogens with zero attached hydrogens (tertiary/aromatic N) is 1. The van der Waals surface area contributed by atoms with E-state index >= 15 is 0 Å². The lowest BCUT2D eigenvalue weighted by Gasteiger charge is -2.26. The smallest absolute Gasteiger partial charge is 0.322 e. The zero-order chi connectivity index (χ0) is 15.1. The maximum Gasteiger partial charge on any atom is 0.322 e. The highest BCUT2D eigenvalue weighted by atomic mass is 16.2. The fourth-order valence-corrected chi connectivity index (χ4v) is 2.08. The van der Waals surface area contributed by atoms with Crippen LogP contribution in [0.2, 0.25) is 0 Å². The summed E-state index contributed by atoms with van der Waals surface area (Å²) in [6.45, 7) is 9.02. The average Bonchev–Trinajstić information content (AvgIpc) is 2.43. The molecule has 0 aromatic heterocycles. The molecule has 20 heavy (non-hydrogen) atoms. The van der Waals surface area contributed by atoms with E-state index in [1.807, 2.05) is 44.0 Å². The molecule has 0 fully saturated rings. The number of carbonyl (C=O) groups excluding carboxylic acids is 1. The summed E-state index contributed by atoms with van der Waals surface area (Å²) in [5.41, 5.74) is 2.01. The Hall–Kier alpha value is -1.55. The molecule has 1 unspecified atom stereocenters. The molecule has 4 heteroatoms. The minimum atomic E-state index is -0.0314. The van der Waals surface area contributed by atoms with E-state index in [4.69, 9.17) is 0 Å². The van der Waals surface area contributed by atoms with E-state index < -0.39 is 0 Å². The van der Waals surface area contributed by atoms with E-state index in [-0.39, 0.29) is 18.1 Å². The molecule has 0 aliphatic rings. The molecule has 0 radical (unpaired) electrons. The summed E-state index contributed by atoms with van der Waals surface area (Å²) < 4.78 is 0. The Bertz CT molecular complexity index is 431. The number of amides is 2. The van der Waals surface area contributed by atoms with Crippen LogP contribution in [-0.2, 0) is 0 Å². The molecule has 0 spiro atoms. The predicted octanol–water partition coefficient (Wildman–Crippen LogP) is 3.62. The van der Waals surface area contributed by atoms with Crippen LogP contribution in [0.15, 0.2) is 24.3 Å². The number of carbonyl (C=O) groups is 1. The number of anilines is 1. The maximum absolute atomic E-state index is 12.3. The molecular weight excluding hydrogens is 250 g/mol. The van der Waals surface area contributed by atoms with Crippen molar-refractivity contribution in [2.75, 3.05) is 18.9 Å². The summed E-state index contributed by atoms with van der Waals surface area (Å²) >= 11 is 0. The van der Waals surface area contributed by atoms with Crippen LogP contribution in [-0.4, -0.2) is 30.6 Å². The molecule has 1 rings (SSSR count). The van der Waals surface area contributed by atoms with E-state index in [0.717, 1.165) is 24.2 Å². The minimum Gasteiger partial charge on any atom is -0.322 e.